The van der Waals surface area contributed by atoms with Crippen LogP contribution >= 0.6 is 11.6 Å². The smallest absolute Gasteiger partial charge is 0.321 e. The molecule has 0 bridgehead atoms. The van der Waals surface area contributed by atoms with E-state index < -0.39 is 0 Å². The van der Waals surface area contributed by atoms with Crippen LogP contribution < -0.4 is 10.2 Å². The first-order valence-corrected chi connectivity index (χ1v) is 12.5. The summed E-state index contributed by atoms with van der Waals surface area (Å²) in [6, 6.07) is 27.6. The van der Waals surface area contributed by atoms with Gasteiger partial charge in [-0.15, -0.1) is 0 Å². The maximum Gasteiger partial charge on any atom is 0.321 e. The van der Waals surface area contributed by atoms with Gasteiger partial charge >= 0.3 is 6.03 Å². The first kappa shape index (κ1) is 23.8. The lowest BCUT2D eigenvalue weighted by Crippen LogP contribution is -2.50. The Labute approximate surface area is 216 Å². The molecule has 0 saturated carbocycles. The van der Waals surface area contributed by atoms with E-state index in [9.17, 15) is 4.79 Å². The zero-order valence-corrected chi connectivity index (χ0v) is 20.9. The second-order valence-corrected chi connectivity index (χ2v) is 9.31. The molecule has 0 atom stereocenters. The molecule has 182 valence electrons. The van der Waals surface area contributed by atoms with Crippen molar-refractivity contribution in [3.8, 4) is 11.4 Å². The maximum atomic E-state index is 12.9. The molecule has 0 aliphatic carbocycles. The third-order valence-corrected chi connectivity index (χ3v) is 6.63. The van der Waals surface area contributed by atoms with Gasteiger partial charge in [-0.25, -0.2) is 14.8 Å². The van der Waals surface area contributed by atoms with E-state index in [-0.39, 0.29) is 6.03 Å². The van der Waals surface area contributed by atoms with Crippen LogP contribution in [0.2, 0.25) is 5.02 Å². The number of carbonyl (C=O) groups excluding carboxylic acids is 1. The summed E-state index contributed by atoms with van der Waals surface area (Å²) in [6.07, 6.45) is 0.756. The van der Waals surface area contributed by atoms with Crippen molar-refractivity contribution in [3.63, 3.8) is 0 Å². The van der Waals surface area contributed by atoms with Crippen molar-refractivity contribution in [2.45, 2.75) is 13.3 Å². The normalized spacial score (nSPS) is 13.5. The van der Waals surface area contributed by atoms with Gasteiger partial charge in [-0.1, -0.05) is 78.3 Å². The third-order valence-electron chi connectivity index (χ3n) is 6.39. The second kappa shape index (κ2) is 10.8. The van der Waals surface area contributed by atoms with Crippen LogP contribution in [0.25, 0.3) is 11.4 Å². The number of amides is 2. The summed E-state index contributed by atoms with van der Waals surface area (Å²) >= 11 is 6.06. The van der Waals surface area contributed by atoms with Gasteiger partial charge in [0.1, 0.15) is 5.82 Å². The van der Waals surface area contributed by atoms with E-state index in [0.29, 0.717) is 36.9 Å². The third kappa shape index (κ3) is 5.50. The summed E-state index contributed by atoms with van der Waals surface area (Å²) in [7, 11) is 0. The number of urea groups is 1. The Bertz CT molecular complexity index is 1340. The molecule has 1 aliphatic heterocycles. The van der Waals surface area contributed by atoms with E-state index in [0.717, 1.165) is 34.9 Å². The van der Waals surface area contributed by atoms with Crippen LogP contribution in [0.4, 0.5) is 16.3 Å². The number of aryl methyl sites for hydroxylation is 1. The van der Waals surface area contributed by atoms with Crippen molar-refractivity contribution in [2.24, 2.45) is 0 Å². The van der Waals surface area contributed by atoms with Crippen molar-refractivity contribution in [2.75, 3.05) is 36.4 Å². The van der Waals surface area contributed by atoms with Crippen molar-refractivity contribution in [1.82, 2.24) is 14.9 Å². The van der Waals surface area contributed by atoms with E-state index in [2.05, 4.69) is 41.4 Å². The fraction of sp³-hybridized carbons (Fsp3) is 0.207. The Kier molecular flexibility index (Phi) is 7.14. The molecule has 3 aromatic carbocycles. The fourth-order valence-electron chi connectivity index (χ4n) is 4.46. The summed E-state index contributed by atoms with van der Waals surface area (Å²) in [6.45, 7) is 4.64. The topological polar surface area (TPSA) is 61.4 Å². The van der Waals surface area contributed by atoms with Gasteiger partial charge in [0.05, 0.1) is 0 Å². The van der Waals surface area contributed by atoms with Gasteiger partial charge in [0.15, 0.2) is 5.82 Å². The van der Waals surface area contributed by atoms with Crippen LogP contribution in [0.1, 0.15) is 16.8 Å². The number of aromatic nitrogens is 2. The Morgan fingerprint density at radius 2 is 1.58 bits per heavy atom. The number of benzene rings is 3. The molecule has 1 N–H and O–H groups in total. The minimum Gasteiger partial charge on any atom is -0.353 e. The first-order valence-electron chi connectivity index (χ1n) is 12.1. The van der Waals surface area contributed by atoms with Gasteiger partial charge < -0.3 is 15.1 Å². The number of hydrogen-bond acceptors (Lipinski definition) is 4. The highest BCUT2D eigenvalue weighted by Gasteiger charge is 2.25. The van der Waals surface area contributed by atoms with Gasteiger partial charge in [-0.3, -0.25) is 0 Å². The van der Waals surface area contributed by atoms with Crippen molar-refractivity contribution in [1.29, 1.82) is 0 Å². The molecule has 36 heavy (non-hydrogen) atoms. The van der Waals surface area contributed by atoms with E-state index in [1.165, 1.54) is 5.56 Å². The largest absolute Gasteiger partial charge is 0.353 e. The van der Waals surface area contributed by atoms with Gasteiger partial charge in [-0.05, 0) is 30.7 Å². The molecule has 1 fully saturated rings. The molecule has 0 spiro atoms. The average Bonchev–Trinajstić information content (AvgIpc) is 2.91. The van der Waals surface area contributed by atoms with Crippen LogP contribution in [0.15, 0.2) is 84.9 Å². The van der Waals surface area contributed by atoms with Crippen LogP contribution in [0, 0.1) is 6.92 Å². The summed E-state index contributed by atoms with van der Waals surface area (Å²) in [5.41, 5.74) is 5.01. The number of anilines is 2. The molecule has 4 aromatic rings. The summed E-state index contributed by atoms with van der Waals surface area (Å²) < 4.78 is 0. The number of piperazine rings is 1. The van der Waals surface area contributed by atoms with Crippen LogP contribution in [0.3, 0.4) is 0 Å². The molecule has 1 saturated heterocycles. The van der Waals surface area contributed by atoms with Gasteiger partial charge in [0, 0.05) is 60.1 Å². The van der Waals surface area contributed by atoms with Crippen LogP contribution in [-0.4, -0.2) is 47.1 Å². The summed E-state index contributed by atoms with van der Waals surface area (Å²) in [4.78, 5) is 26.9. The van der Waals surface area contributed by atoms with Crippen molar-refractivity contribution >= 4 is 29.1 Å². The molecule has 7 heteroatoms. The quantitative estimate of drug-likeness (QED) is 0.364. The molecule has 6 nitrogen and oxygen atoms in total. The summed E-state index contributed by atoms with van der Waals surface area (Å²) in [5.74, 6) is 1.67. The van der Waals surface area contributed by atoms with E-state index in [4.69, 9.17) is 21.6 Å². The van der Waals surface area contributed by atoms with Crippen LogP contribution in [-0.2, 0) is 6.42 Å². The molecule has 2 heterocycles. The van der Waals surface area contributed by atoms with E-state index >= 15 is 0 Å². The minimum atomic E-state index is -0.120. The Balaban J connectivity index is 1.38. The van der Waals surface area contributed by atoms with Crippen LogP contribution in [0.5, 0.6) is 0 Å². The SMILES string of the molecule is Cc1nc(-c2ccccc2)nc(N2CCN(C(=O)Nc3cccc(Cl)c3)CC2)c1Cc1ccccc1. The Morgan fingerprint density at radius 1 is 0.889 bits per heavy atom. The number of nitrogens with one attached hydrogen (secondary N) is 1. The van der Waals surface area contributed by atoms with Gasteiger partial charge in [0.25, 0.3) is 0 Å². The van der Waals surface area contributed by atoms with Gasteiger partial charge in [-0.2, -0.15) is 0 Å². The molecule has 1 aliphatic rings. The fourth-order valence-corrected chi connectivity index (χ4v) is 4.65. The molecular formula is C29H28ClN5O. The highest BCUT2D eigenvalue weighted by Crippen LogP contribution is 2.28. The zero-order valence-electron chi connectivity index (χ0n) is 20.2. The predicted molar refractivity (Wildman–Crippen MR) is 146 cm³/mol. The highest BCUT2D eigenvalue weighted by atomic mass is 35.5. The minimum absolute atomic E-state index is 0.120. The number of carbonyl (C=O) groups is 1. The average molecular weight is 498 g/mol. The number of nitrogens with zero attached hydrogens (tertiary/aromatic N) is 4. The van der Waals surface area contributed by atoms with Gasteiger partial charge in [0.2, 0.25) is 0 Å². The van der Waals surface area contributed by atoms with E-state index in [1.807, 2.05) is 53.4 Å². The predicted octanol–water partition coefficient (Wildman–Crippen LogP) is 6.05. The second-order valence-electron chi connectivity index (χ2n) is 8.88. The lowest BCUT2D eigenvalue weighted by Gasteiger charge is -2.36. The highest BCUT2D eigenvalue weighted by molar-refractivity contribution is 6.30. The maximum absolute atomic E-state index is 12.9. The number of rotatable bonds is 5. The molecule has 0 unspecified atom stereocenters. The number of halogens is 1. The summed E-state index contributed by atoms with van der Waals surface area (Å²) in [5, 5.41) is 3.54. The van der Waals surface area contributed by atoms with Crippen molar-refractivity contribution in [3.05, 3.63) is 107 Å². The van der Waals surface area contributed by atoms with Crippen molar-refractivity contribution < 1.29 is 4.79 Å². The standard InChI is InChI=1S/C29H28ClN5O/c1-21-26(19-22-9-4-2-5-10-22)28(33-27(31-21)23-11-6-3-7-12-23)34-15-17-35(18-16-34)29(36)32-25-14-8-13-24(30)20-25/h2-14,20H,15-19H2,1H3,(H,32,36). The zero-order chi connectivity index (χ0) is 24.9. The Hall–Kier alpha value is -3.90. The molecular weight excluding hydrogens is 470 g/mol. The molecule has 1 aromatic heterocycles. The first-order chi connectivity index (χ1) is 17.6. The molecule has 2 amide bonds. The monoisotopic (exact) mass is 497 g/mol. The molecule has 5 rings (SSSR count). The number of hydrogen-bond donors (Lipinski definition) is 1. The molecule has 0 radical (unpaired) electrons. The van der Waals surface area contributed by atoms with E-state index in [1.54, 1.807) is 12.1 Å². The lowest BCUT2D eigenvalue weighted by molar-refractivity contribution is 0.208. The lowest BCUT2D eigenvalue weighted by atomic mass is 10.0. The Morgan fingerprint density at radius 3 is 2.28 bits per heavy atom.